The Balaban J connectivity index is 1.45. The maximum absolute atomic E-state index is 12.5. The Hall–Kier alpha value is -4.21. The number of ether oxygens (including phenoxy) is 5. The molecule has 0 aromatic heterocycles. The number of halogens is 2. The van der Waals surface area contributed by atoms with Crippen molar-refractivity contribution >= 4 is 52.4 Å². The molecule has 4 N–H and O–H groups in total. The van der Waals surface area contributed by atoms with Gasteiger partial charge in [-0.05, 0) is 72.3 Å². The Bertz CT molecular complexity index is 1630. The summed E-state index contributed by atoms with van der Waals surface area (Å²) in [6, 6.07) is 14.9. The van der Waals surface area contributed by atoms with Gasteiger partial charge in [-0.3, -0.25) is 5.43 Å². The number of methoxy groups -OCH3 is 2. The van der Waals surface area contributed by atoms with E-state index in [1.165, 1.54) is 13.3 Å². The maximum atomic E-state index is 12.5. The van der Waals surface area contributed by atoms with Gasteiger partial charge in [0.05, 0.1) is 38.7 Å². The quantitative estimate of drug-likeness (QED) is 0.0582. The summed E-state index contributed by atoms with van der Waals surface area (Å²) in [5.41, 5.74) is 5.30. The first-order chi connectivity index (χ1) is 22.1. The average molecular weight is 765 g/mol. The van der Waals surface area contributed by atoms with Crippen LogP contribution in [0.2, 0.25) is 5.02 Å². The first kappa shape index (κ1) is 34.7. The van der Waals surface area contributed by atoms with E-state index in [2.05, 4.69) is 43.8 Å². The van der Waals surface area contributed by atoms with Crippen LogP contribution in [0.1, 0.15) is 36.6 Å². The molecule has 2 atom stereocenters. The standard InChI is InChI=1S/C32H34ClIN4O8/c1-5-44-25-13-19(29-28(31(40)43-4)18(2)36-32(41)37-29)10-11-24(25)45-17-27(39)38-35-15-21-12-22(34)14-26(42-3)30(21)46-16-20-8-6-7-9-23(20)33/h6-15,27,29,38-39H,5,16-17H2,1-4H3,(H2,36,37,41)/b35-15+/t27-,29+/m1/s1. The number of amides is 2. The highest BCUT2D eigenvalue weighted by molar-refractivity contribution is 14.1. The minimum absolute atomic E-state index is 0.182. The van der Waals surface area contributed by atoms with Gasteiger partial charge in [-0.25, -0.2) is 9.59 Å². The minimum atomic E-state index is -1.19. The van der Waals surface area contributed by atoms with Crippen LogP contribution in [0.15, 0.2) is 71.0 Å². The summed E-state index contributed by atoms with van der Waals surface area (Å²) in [4.78, 5) is 24.7. The molecule has 12 nitrogen and oxygen atoms in total. The summed E-state index contributed by atoms with van der Waals surface area (Å²) < 4.78 is 29.0. The number of benzene rings is 3. The van der Waals surface area contributed by atoms with Gasteiger partial charge < -0.3 is 39.4 Å². The summed E-state index contributed by atoms with van der Waals surface area (Å²) in [6.45, 7) is 3.79. The molecule has 1 aliphatic rings. The molecule has 1 heterocycles. The zero-order valence-corrected chi connectivity index (χ0v) is 28.5. The van der Waals surface area contributed by atoms with E-state index in [1.807, 2.05) is 37.3 Å². The Morgan fingerprint density at radius 3 is 2.61 bits per heavy atom. The van der Waals surface area contributed by atoms with Gasteiger partial charge in [0.25, 0.3) is 0 Å². The molecular weight excluding hydrogens is 731 g/mol. The summed E-state index contributed by atoms with van der Waals surface area (Å²) in [6.07, 6.45) is 0.320. The van der Waals surface area contributed by atoms with Crippen LogP contribution < -0.4 is 35.0 Å². The molecule has 4 rings (SSSR count). The summed E-state index contributed by atoms with van der Waals surface area (Å²) >= 11 is 8.46. The van der Waals surface area contributed by atoms with Gasteiger partial charge >= 0.3 is 12.0 Å². The van der Waals surface area contributed by atoms with E-state index < -0.39 is 24.3 Å². The third-order valence-electron chi connectivity index (χ3n) is 6.70. The fourth-order valence-electron chi connectivity index (χ4n) is 4.57. The summed E-state index contributed by atoms with van der Waals surface area (Å²) in [7, 11) is 2.82. The van der Waals surface area contributed by atoms with Crippen molar-refractivity contribution in [1.29, 1.82) is 0 Å². The normalized spacial score (nSPS) is 15.1. The molecule has 0 unspecified atom stereocenters. The fraction of sp³-hybridized carbons (Fsp3) is 0.281. The van der Waals surface area contributed by atoms with Crippen LogP contribution >= 0.6 is 34.2 Å². The predicted molar refractivity (Wildman–Crippen MR) is 180 cm³/mol. The number of urea groups is 1. The van der Waals surface area contributed by atoms with Gasteiger partial charge in [0, 0.05) is 25.4 Å². The number of nitrogens with one attached hydrogen (secondary N) is 3. The number of esters is 1. The number of hydrogen-bond donors (Lipinski definition) is 4. The van der Waals surface area contributed by atoms with Gasteiger partial charge in [-0.15, -0.1) is 0 Å². The number of rotatable bonds is 14. The third kappa shape index (κ3) is 8.73. The molecule has 0 aliphatic carbocycles. The van der Waals surface area contributed by atoms with E-state index in [0.717, 1.165) is 9.13 Å². The van der Waals surface area contributed by atoms with Crippen LogP contribution in [0.5, 0.6) is 23.0 Å². The Kier molecular flexibility index (Phi) is 12.3. The van der Waals surface area contributed by atoms with Crippen molar-refractivity contribution < 1.29 is 38.4 Å². The van der Waals surface area contributed by atoms with Crippen molar-refractivity contribution in [1.82, 2.24) is 16.1 Å². The largest absolute Gasteiger partial charge is 0.493 e. The van der Waals surface area contributed by atoms with Crippen LogP contribution in [0, 0.1) is 3.57 Å². The zero-order valence-electron chi connectivity index (χ0n) is 25.6. The molecule has 46 heavy (non-hydrogen) atoms. The Morgan fingerprint density at radius 1 is 1.11 bits per heavy atom. The number of aliphatic hydroxyl groups excluding tert-OH is 1. The monoisotopic (exact) mass is 764 g/mol. The number of hydrogen-bond acceptors (Lipinski definition) is 10. The van der Waals surface area contributed by atoms with Gasteiger partial charge in [0.15, 0.2) is 29.2 Å². The molecule has 2 amide bonds. The Morgan fingerprint density at radius 2 is 1.89 bits per heavy atom. The highest BCUT2D eigenvalue weighted by Gasteiger charge is 2.32. The zero-order chi connectivity index (χ0) is 33.2. The van der Waals surface area contributed by atoms with Gasteiger partial charge in [0.2, 0.25) is 0 Å². The van der Waals surface area contributed by atoms with Crippen molar-refractivity contribution in [2.24, 2.45) is 5.10 Å². The first-order valence-electron chi connectivity index (χ1n) is 14.1. The molecule has 3 aromatic carbocycles. The SMILES string of the molecule is CCOc1cc([C@@H]2NC(=O)NC(C)=C2C(=O)OC)ccc1OC[C@@H](O)N/N=C/c1cc(I)cc(OC)c1OCc1ccccc1Cl. The van der Waals surface area contributed by atoms with E-state index in [4.69, 9.17) is 35.3 Å². The number of aliphatic hydroxyl groups is 1. The number of hydrazone groups is 1. The van der Waals surface area contributed by atoms with E-state index in [-0.39, 0.29) is 18.8 Å². The summed E-state index contributed by atoms with van der Waals surface area (Å²) in [5, 5.41) is 20.7. The lowest BCUT2D eigenvalue weighted by Gasteiger charge is -2.28. The molecule has 1 aliphatic heterocycles. The van der Waals surface area contributed by atoms with Crippen LogP contribution in [0.3, 0.4) is 0 Å². The number of carbonyl (C=O) groups excluding carboxylic acids is 2. The van der Waals surface area contributed by atoms with Crippen molar-refractivity contribution in [3.05, 3.63) is 91.2 Å². The molecular formula is C32H34ClIN4O8. The average Bonchev–Trinajstić information content (AvgIpc) is 3.03. The highest BCUT2D eigenvalue weighted by Crippen LogP contribution is 2.36. The van der Waals surface area contributed by atoms with E-state index in [1.54, 1.807) is 38.3 Å². The number of carbonyl (C=O) groups is 2. The van der Waals surface area contributed by atoms with E-state index in [9.17, 15) is 14.7 Å². The van der Waals surface area contributed by atoms with Crippen molar-refractivity contribution in [3.63, 3.8) is 0 Å². The second-order valence-electron chi connectivity index (χ2n) is 9.82. The molecule has 0 radical (unpaired) electrons. The van der Waals surface area contributed by atoms with E-state index >= 15 is 0 Å². The molecule has 3 aromatic rings. The highest BCUT2D eigenvalue weighted by atomic mass is 127. The second kappa shape index (κ2) is 16.4. The smallest absolute Gasteiger partial charge is 0.337 e. The maximum Gasteiger partial charge on any atom is 0.337 e. The summed E-state index contributed by atoms with van der Waals surface area (Å²) in [5.74, 6) is 1.10. The van der Waals surface area contributed by atoms with Crippen LogP contribution in [-0.4, -0.2) is 57.0 Å². The van der Waals surface area contributed by atoms with E-state index in [0.29, 0.717) is 51.5 Å². The van der Waals surface area contributed by atoms with Crippen LogP contribution in [0.25, 0.3) is 0 Å². The van der Waals surface area contributed by atoms with Crippen LogP contribution in [0.4, 0.5) is 4.79 Å². The number of nitrogens with zero attached hydrogens (tertiary/aromatic N) is 1. The van der Waals surface area contributed by atoms with Crippen molar-refractivity contribution in [3.8, 4) is 23.0 Å². The lowest BCUT2D eigenvalue weighted by Crippen LogP contribution is -2.45. The van der Waals surface area contributed by atoms with Gasteiger partial charge in [-0.2, -0.15) is 5.10 Å². The van der Waals surface area contributed by atoms with Gasteiger partial charge in [-0.1, -0.05) is 35.9 Å². The topological polar surface area (TPSA) is 149 Å². The Labute approximate surface area is 285 Å². The molecule has 0 bridgehead atoms. The number of allylic oxidation sites excluding steroid dienone is 1. The molecule has 0 saturated carbocycles. The lowest BCUT2D eigenvalue weighted by atomic mass is 9.95. The lowest BCUT2D eigenvalue weighted by molar-refractivity contribution is -0.136. The first-order valence-corrected chi connectivity index (χ1v) is 15.6. The molecule has 0 spiro atoms. The molecule has 0 fully saturated rings. The molecule has 0 saturated heterocycles. The van der Waals surface area contributed by atoms with Crippen LogP contribution in [-0.2, 0) is 16.1 Å². The van der Waals surface area contributed by atoms with Gasteiger partial charge in [0.1, 0.15) is 13.2 Å². The fourth-order valence-corrected chi connectivity index (χ4v) is 5.38. The third-order valence-corrected chi connectivity index (χ3v) is 7.69. The molecule has 14 heteroatoms. The second-order valence-corrected chi connectivity index (χ2v) is 11.5. The minimum Gasteiger partial charge on any atom is -0.493 e. The van der Waals surface area contributed by atoms with Crippen molar-refractivity contribution in [2.45, 2.75) is 32.7 Å². The van der Waals surface area contributed by atoms with Crippen molar-refractivity contribution in [2.75, 3.05) is 27.4 Å². The molecule has 244 valence electrons. The predicted octanol–water partition coefficient (Wildman–Crippen LogP) is 5.05.